The average molecular weight is 429 g/mol. The van der Waals surface area contributed by atoms with Gasteiger partial charge in [0, 0.05) is 37.3 Å². The number of nitrogens with zero attached hydrogens (tertiary/aromatic N) is 4. The number of hydrogen-bond donors (Lipinski definition) is 2. The molecule has 8 heteroatoms. The number of nitrogens with one attached hydrogen (secondary N) is 2. The number of thiophene rings is 1. The summed E-state index contributed by atoms with van der Waals surface area (Å²) in [5.41, 5.74) is 2.49. The molecule has 0 aromatic carbocycles. The quantitative estimate of drug-likeness (QED) is 0.753. The Hall–Kier alpha value is -1.61. The van der Waals surface area contributed by atoms with E-state index in [-0.39, 0.29) is 11.1 Å². The maximum Gasteiger partial charge on any atom is 0.147 e. The van der Waals surface area contributed by atoms with Crippen molar-refractivity contribution in [3.8, 4) is 0 Å². The smallest absolute Gasteiger partial charge is 0.147 e. The lowest BCUT2D eigenvalue weighted by Gasteiger charge is -2.36. The Morgan fingerprint density at radius 1 is 1.23 bits per heavy atom. The first kappa shape index (κ1) is 20.3. The van der Waals surface area contributed by atoms with Crippen molar-refractivity contribution in [3.05, 3.63) is 16.2 Å². The molecule has 0 spiro atoms. The largest absolute Gasteiger partial charge is 0.379 e. The number of aromatic nitrogens is 2. The Kier molecular flexibility index (Phi) is 5.08. The molecule has 7 nitrogen and oxygen atoms in total. The van der Waals surface area contributed by atoms with Gasteiger partial charge in [-0.2, -0.15) is 0 Å². The normalized spacial score (nSPS) is 28.3. The number of rotatable bonds is 5. The van der Waals surface area contributed by atoms with E-state index in [9.17, 15) is 0 Å². The Balaban J connectivity index is 1.56. The van der Waals surface area contributed by atoms with Crippen molar-refractivity contribution in [3.63, 3.8) is 0 Å². The van der Waals surface area contributed by atoms with Crippen LogP contribution in [-0.4, -0.2) is 67.0 Å². The van der Waals surface area contributed by atoms with Crippen molar-refractivity contribution in [1.82, 2.24) is 20.2 Å². The molecule has 2 aromatic heterocycles. The minimum atomic E-state index is -0.256. The predicted molar refractivity (Wildman–Crippen MR) is 121 cm³/mol. The molecule has 2 fully saturated rings. The molecule has 2 aromatic rings. The monoisotopic (exact) mass is 428 g/mol. The van der Waals surface area contributed by atoms with Crippen molar-refractivity contribution in [2.75, 3.05) is 51.8 Å². The fourth-order valence-corrected chi connectivity index (χ4v) is 6.56. The summed E-state index contributed by atoms with van der Waals surface area (Å²) in [6.07, 6.45) is 4.05. The maximum atomic E-state index is 5.45. The SMILES string of the molecule is CNC1(C)N=c2sc3c(NCCN4CCOCC4)ncnc3c2=C2C1CCC2(C)C. The fraction of sp³-hybridized carbons (Fsp3) is 0.682. The number of fused-ring (bicyclic) bond motifs is 4. The summed E-state index contributed by atoms with van der Waals surface area (Å²) >= 11 is 1.73. The molecule has 2 aliphatic heterocycles. The standard InChI is InChI=1S/C22H32N6OS/c1-21(2)6-5-14-16(21)15-17-18(30-20(15)27-22(14,3)23-4)19(26-13-25-17)24-7-8-28-9-11-29-12-10-28/h13-14,23H,5-12H2,1-4H3,(H,24,25,26). The van der Waals surface area contributed by atoms with Crippen molar-refractivity contribution >= 4 is 32.9 Å². The molecule has 162 valence electrons. The van der Waals surface area contributed by atoms with Gasteiger partial charge in [0.1, 0.15) is 22.5 Å². The second-order valence-electron chi connectivity index (χ2n) is 9.46. The van der Waals surface area contributed by atoms with Gasteiger partial charge in [0.15, 0.2) is 0 Å². The van der Waals surface area contributed by atoms with Crippen LogP contribution in [0.25, 0.3) is 15.8 Å². The van der Waals surface area contributed by atoms with Crippen molar-refractivity contribution in [2.45, 2.75) is 39.3 Å². The molecule has 3 aliphatic rings. The van der Waals surface area contributed by atoms with Crippen LogP contribution in [0.4, 0.5) is 5.82 Å². The first-order chi connectivity index (χ1) is 14.4. The summed E-state index contributed by atoms with van der Waals surface area (Å²) in [5.74, 6) is 1.34. The molecule has 1 saturated heterocycles. The molecule has 1 aliphatic carbocycles. The lowest BCUT2D eigenvalue weighted by atomic mass is 9.78. The molecule has 2 N–H and O–H groups in total. The van der Waals surface area contributed by atoms with Crippen LogP contribution < -0.4 is 20.5 Å². The predicted octanol–water partition coefficient (Wildman–Crippen LogP) is 1.59. The molecule has 30 heavy (non-hydrogen) atoms. The van der Waals surface area contributed by atoms with E-state index in [2.05, 4.69) is 41.3 Å². The highest BCUT2D eigenvalue weighted by atomic mass is 32.1. The van der Waals surface area contributed by atoms with Crippen LogP contribution in [-0.2, 0) is 4.74 Å². The Labute approximate surface area is 181 Å². The third kappa shape index (κ3) is 3.25. The van der Waals surface area contributed by atoms with Gasteiger partial charge in [0.2, 0.25) is 0 Å². The summed E-state index contributed by atoms with van der Waals surface area (Å²) < 4.78 is 7.67. The van der Waals surface area contributed by atoms with Gasteiger partial charge in [0.05, 0.1) is 23.4 Å². The zero-order valence-corrected chi connectivity index (χ0v) is 19.2. The van der Waals surface area contributed by atoms with Gasteiger partial charge in [-0.1, -0.05) is 13.8 Å². The highest BCUT2D eigenvalue weighted by Crippen LogP contribution is 2.51. The van der Waals surface area contributed by atoms with E-state index in [4.69, 9.17) is 14.7 Å². The van der Waals surface area contributed by atoms with Gasteiger partial charge < -0.3 is 10.1 Å². The summed E-state index contributed by atoms with van der Waals surface area (Å²) in [7, 11) is 2.03. The van der Waals surface area contributed by atoms with Gasteiger partial charge in [-0.15, -0.1) is 11.3 Å². The van der Waals surface area contributed by atoms with Crippen LogP contribution in [0.1, 0.15) is 33.6 Å². The van der Waals surface area contributed by atoms with Crippen LogP contribution in [0.3, 0.4) is 0 Å². The lowest BCUT2D eigenvalue weighted by Crippen LogP contribution is -2.52. The Morgan fingerprint density at radius 2 is 2.03 bits per heavy atom. The van der Waals surface area contributed by atoms with Gasteiger partial charge in [0.25, 0.3) is 0 Å². The highest BCUT2D eigenvalue weighted by molar-refractivity contribution is 7.17. The van der Waals surface area contributed by atoms with Crippen LogP contribution >= 0.6 is 11.3 Å². The van der Waals surface area contributed by atoms with Gasteiger partial charge in [-0.3, -0.25) is 15.2 Å². The molecule has 5 rings (SSSR count). The average Bonchev–Trinajstić information content (AvgIpc) is 3.26. The van der Waals surface area contributed by atoms with Crippen LogP contribution in [0, 0.1) is 11.3 Å². The molecule has 4 heterocycles. The molecule has 2 unspecified atom stereocenters. The molecule has 1 saturated carbocycles. The molecule has 0 amide bonds. The first-order valence-electron chi connectivity index (χ1n) is 11.0. The number of ether oxygens (including phenoxy) is 1. The van der Waals surface area contributed by atoms with E-state index in [1.807, 2.05) is 7.05 Å². The third-order valence-electron chi connectivity index (χ3n) is 7.20. The van der Waals surface area contributed by atoms with E-state index >= 15 is 0 Å². The van der Waals surface area contributed by atoms with Gasteiger partial charge >= 0.3 is 0 Å². The lowest BCUT2D eigenvalue weighted by molar-refractivity contribution is 0.0398. The number of hydrogen-bond acceptors (Lipinski definition) is 8. The highest BCUT2D eigenvalue weighted by Gasteiger charge is 2.48. The second kappa shape index (κ2) is 7.51. The summed E-state index contributed by atoms with van der Waals surface area (Å²) in [5, 5.41) is 8.35. The third-order valence-corrected chi connectivity index (χ3v) is 8.28. The molecular weight excluding hydrogens is 396 g/mol. The Bertz CT molecular complexity index is 1070. The summed E-state index contributed by atoms with van der Waals surface area (Å²) in [6, 6.07) is 0. The van der Waals surface area contributed by atoms with Crippen LogP contribution in [0.2, 0.25) is 0 Å². The topological polar surface area (TPSA) is 74.7 Å². The molecule has 0 radical (unpaired) electrons. The van der Waals surface area contributed by atoms with E-state index in [0.717, 1.165) is 66.5 Å². The zero-order valence-electron chi connectivity index (χ0n) is 18.4. The minimum Gasteiger partial charge on any atom is -0.379 e. The van der Waals surface area contributed by atoms with Crippen LogP contribution in [0.15, 0.2) is 11.3 Å². The van der Waals surface area contributed by atoms with Crippen molar-refractivity contribution in [2.24, 2.45) is 16.3 Å². The van der Waals surface area contributed by atoms with E-state index in [1.165, 1.54) is 17.2 Å². The van der Waals surface area contributed by atoms with E-state index in [0.29, 0.717) is 5.92 Å². The van der Waals surface area contributed by atoms with Crippen molar-refractivity contribution < 1.29 is 4.74 Å². The maximum absolute atomic E-state index is 5.45. The van der Waals surface area contributed by atoms with E-state index < -0.39 is 0 Å². The second-order valence-corrected chi connectivity index (χ2v) is 10.5. The first-order valence-corrected chi connectivity index (χ1v) is 11.9. The van der Waals surface area contributed by atoms with E-state index in [1.54, 1.807) is 17.7 Å². The number of morpholine rings is 1. The Morgan fingerprint density at radius 3 is 2.80 bits per heavy atom. The van der Waals surface area contributed by atoms with Crippen molar-refractivity contribution in [1.29, 1.82) is 0 Å². The fourth-order valence-electron chi connectivity index (χ4n) is 5.35. The van der Waals surface area contributed by atoms with Crippen LogP contribution in [0.5, 0.6) is 0 Å². The number of anilines is 1. The molecule has 2 atom stereocenters. The molecular formula is C22H32N6OS. The van der Waals surface area contributed by atoms with Gasteiger partial charge in [-0.25, -0.2) is 9.97 Å². The minimum absolute atomic E-state index is 0.163. The zero-order chi connectivity index (χ0) is 20.9. The summed E-state index contributed by atoms with van der Waals surface area (Å²) in [4.78, 5) is 17.0. The molecule has 0 bridgehead atoms. The summed E-state index contributed by atoms with van der Waals surface area (Å²) in [6.45, 7) is 12.5. The van der Waals surface area contributed by atoms with Gasteiger partial charge in [-0.05, 0) is 37.8 Å².